The van der Waals surface area contributed by atoms with Crippen molar-refractivity contribution in [2.24, 2.45) is 0 Å². The molecule has 2 fully saturated rings. The van der Waals surface area contributed by atoms with Gasteiger partial charge in [-0.05, 0) is 65.8 Å². The van der Waals surface area contributed by atoms with Crippen molar-refractivity contribution in [3.8, 4) is 0 Å². The Morgan fingerprint density at radius 3 is 2.68 bits per heavy atom. The number of nitrogens with two attached hydrogens (primary N) is 1. The monoisotopic (exact) mass is 521 g/mol. The zero-order chi connectivity index (χ0) is 26.9. The summed E-state index contributed by atoms with van der Waals surface area (Å²) in [5, 5.41) is 25.6. The smallest absolute Gasteiger partial charge is 0.461 e. The number of rotatable bonds is 8. The van der Waals surface area contributed by atoms with Gasteiger partial charge in [0.15, 0.2) is 5.82 Å². The van der Waals surface area contributed by atoms with Gasteiger partial charge in [0.25, 0.3) is 0 Å². The van der Waals surface area contributed by atoms with E-state index in [4.69, 9.17) is 24.7 Å². The van der Waals surface area contributed by atoms with E-state index in [-0.39, 0.29) is 18.5 Å². The zero-order valence-corrected chi connectivity index (χ0v) is 21.4. The molecule has 0 amide bonds. The molecule has 6 atom stereocenters. The maximum absolute atomic E-state index is 12.7. The van der Waals surface area contributed by atoms with Gasteiger partial charge in [0.05, 0.1) is 5.69 Å². The quantitative estimate of drug-likeness (QED) is 0.414. The molecule has 1 aliphatic heterocycles. The van der Waals surface area contributed by atoms with Crippen LogP contribution in [0.4, 0.5) is 10.6 Å². The Labute approximate surface area is 214 Å². The standard InChI is InChI=1S/C24H35N5O8/c1-13(18(28(3)4)22(32)36-14-7-5-6-8-14)35-23(33)34-11-16-19(30)20(31)24(2,37-16)17-10-9-15-21(25)26-12-27-29(15)17/h9-10,12-14,16,18-20,30-31H,5-8,11H2,1-4H3,(H2,25,26,27)/t13-,16-,18+,19-,20-,24+/m1/s1. The molecule has 2 aromatic rings. The third-order valence-corrected chi connectivity index (χ3v) is 7.13. The minimum atomic E-state index is -1.38. The Balaban J connectivity index is 1.36. The predicted octanol–water partition coefficient (Wildman–Crippen LogP) is 0.605. The second kappa shape index (κ2) is 10.8. The van der Waals surface area contributed by atoms with Crippen LogP contribution >= 0.6 is 0 Å². The maximum atomic E-state index is 12.7. The maximum Gasteiger partial charge on any atom is 0.508 e. The van der Waals surface area contributed by atoms with Crippen LogP contribution in [0, 0.1) is 0 Å². The summed E-state index contributed by atoms with van der Waals surface area (Å²) >= 11 is 0. The molecule has 4 rings (SSSR count). The first-order chi connectivity index (χ1) is 17.5. The van der Waals surface area contributed by atoms with E-state index in [1.165, 1.54) is 10.8 Å². The van der Waals surface area contributed by atoms with Gasteiger partial charge in [-0.2, -0.15) is 5.10 Å². The van der Waals surface area contributed by atoms with E-state index >= 15 is 0 Å². The van der Waals surface area contributed by atoms with Gasteiger partial charge in [-0.3, -0.25) is 9.69 Å². The molecule has 2 aromatic heterocycles. The van der Waals surface area contributed by atoms with E-state index in [9.17, 15) is 19.8 Å². The van der Waals surface area contributed by atoms with Crippen molar-refractivity contribution in [2.75, 3.05) is 26.4 Å². The van der Waals surface area contributed by atoms with Crippen LogP contribution in [0.5, 0.6) is 0 Å². The minimum Gasteiger partial charge on any atom is -0.461 e. The van der Waals surface area contributed by atoms with Gasteiger partial charge in [-0.1, -0.05) is 0 Å². The Bertz CT molecular complexity index is 1120. The Hall–Kier alpha value is -3.00. The molecule has 37 heavy (non-hydrogen) atoms. The van der Waals surface area contributed by atoms with Crippen molar-refractivity contribution >= 4 is 23.5 Å². The molecule has 204 valence electrons. The highest BCUT2D eigenvalue weighted by molar-refractivity contribution is 5.77. The predicted molar refractivity (Wildman–Crippen MR) is 129 cm³/mol. The van der Waals surface area contributed by atoms with Gasteiger partial charge in [0.1, 0.15) is 60.6 Å². The van der Waals surface area contributed by atoms with Crippen LogP contribution in [-0.4, -0.2) is 99.1 Å². The lowest BCUT2D eigenvalue weighted by Crippen LogP contribution is -2.47. The first kappa shape index (κ1) is 27.0. The lowest BCUT2D eigenvalue weighted by Gasteiger charge is -2.29. The summed E-state index contributed by atoms with van der Waals surface area (Å²) < 4.78 is 23.6. The van der Waals surface area contributed by atoms with Crippen LogP contribution in [0.3, 0.4) is 0 Å². The lowest BCUT2D eigenvalue weighted by atomic mass is 9.93. The van der Waals surface area contributed by atoms with Gasteiger partial charge in [0, 0.05) is 0 Å². The van der Waals surface area contributed by atoms with E-state index in [0.717, 1.165) is 25.7 Å². The third kappa shape index (κ3) is 5.35. The van der Waals surface area contributed by atoms with Crippen molar-refractivity contribution in [2.45, 2.75) is 81.7 Å². The molecule has 2 aliphatic rings. The number of hydrogen-bond donors (Lipinski definition) is 3. The number of ether oxygens (including phenoxy) is 4. The van der Waals surface area contributed by atoms with Crippen LogP contribution in [0.1, 0.15) is 45.2 Å². The summed E-state index contributed by atoms with van der Waals surface area (Å²) in [6.45, 7) is 2.78. The number of anilines is 1. The number of nitrogen functional groups attached to an aromatic ring is 1. The third-order valence-electron chi connectivity index (χ3n) is 7.13. The Morgan fingerprint density at radius 1 is 1.30 bits per heavy atom. The van der Waals surface area contributed by atoms with Crippen molar-refractivity contribution in [1.29, 1.82) is 0 Å². The van der Waals surface area contributed by atoms with Gasteiger partial charge in [-0.25, -0.2) is 14.3 Å². The number of aliphatic hydroxyl groups excluding tert-OH is 2. The summed E-state index contributed by atoms with van der Waals surface area (Å²) in [4.78, 5) is 30.7. The fraction of sp³-hybridized carbons (Fsp3) is 0.667. The van der Waals surface area contributed by atoms with Crippen LogP contribution in [0.25, 0.3) is 5.52 Å². The van der Waals surface area contributed by atoms with Crippen LogP contribution < -0.4 is 5.73 Å². The lowest BCUT2D eigenvalue weighted by molar-refractivity contribution is -0.158. The second-order valence-corrected chi connectivity index (χ2v) is 10.00. The van der Waals surface area contributed by atoms with E-state index in [1.54, 1.807) is 45.0 Å². The molecular weight excluding hydrogens is 486 g/mol. The van der Waals surface area contributed by atoms with E-state index in [1.807, 2.05) is 0 Å². The fourth-order valence-electron chi connectivity index (χ4n) is 5.12. The van der Waals surface area contributed by atoms with E-state index in [2.05, 4.69) is 10.1 Å². The number of likely N-dealkylation sites (N-methyl/N-ethyl adjacent to an activating group) is 1. The number of nitrogens with zero attached hydrogens (tertiary/aromatic N) is 4. The molecule has 13 nitrogen and oxygen atoms in total. The van der Waals surface area contributed by atoms with Gasteiger partial charge < -0.3 is 34.9 Å². The number of fused-ring (bicyclic) bond motifs is 1. The highest BCUT2D eigenvalue weighted by Gasteiger charge is 2.54. The molecule has 1 saturated heterocycles. The van der Waals surface area contributed by atoms with Gasteiger partial charge in [0.2, 0.25) is 0 Å². The molecule has 0 unspecified atom stereocenters. The summed E-state index contributed by atoms with van der Waals surface area (Å²) in [7, 11) is 3.39. The van der Waals surface area contributed by atoms with Crippen LogP contribution in [0.15, 0.2) is 18.5 Å². The van der Waals surface area contributed by atoms with Gasteiger partial charge >= 0.3 is 12.1 Å². The minimum absolute atomic E-state index is 0.114. The summed E-state index contributed by atoms with van der Waals surface area (Å²) in [5.41, 5.74) is 5.47. The second-order valence-electron chi connectivity index (χ2n) is 10.00. The van der Waals surface area contributed by atoms with Crippen LogP contribution in [-0.2, 0) is 29.3 Å². The van der Waals surface area contributed by atoms with E-state index < -0.39 is 48.2 Å². The SMILES string of the molecule is C[C@@H](OC(=O)OC[C@H]1O[C@@](C)(c2ccc3c(N)ncnn23)[C@H](O)[C@@H]1O)[C@@H](C(=O)OC1CCCC1)N(C)C. The Kier molecular flexibility index (Phi) is 7.88. The number of aromatic nitrogens is 3. The number of esters is 1. The normalized spacial score (nSPS) is 27.9. The summed E-state index contributed by atoms with van der Waals surface area (Å²) in [6.07, 6.45) is -0.809. The molecule has 1 aliphatic carbocycles. The summed E-state index contributed by atoms with van der Waals surface area (Å²) in [5.74, 6) is -0.215. The molecule has 0 radical (unpaired) electrons. The Morgan fingerprint density at radius 2 is 2.00 bits per heavy atom. The van der Waals surface area contributed by atoms with Crippen molar-refractivity contribution in [3.63, 3.8) is 0 Å². The number of carbonyl (C=O) groups is 2. The van der Waals surface area contributed by atoms with E-state index in [0.29, 0.717) is 11.2 Å². The molecule has 1 saturated carbocycles. The van der Waals surface area contributed by atoms with Crippen LogP contribution in [0.2, 0.25) is 0 Å². The average molecular weight is 522 g/mol. The molecule has 0 bridgehead atoms. The molecule has 13 heteroatoms. The molecular formula is C24H35N5O8. The summed E-state index contributed by atoms with van der Waals surface area (Å²) in [6, 6.07) is 2.53. The topological polar surface area (TPSA) is 171 Å². The highest BCUT2D eigenvalue weighted by Crippen LogP contribution is 2.40. The molecule has 0 spiro atoms. The molecule has 3 heterocycles. The first-order valence-electron chi connectivity index (χ1n) is 12.4. The zero-order valence-electron chi connectivity index (χ0n) is 21.4. The van der Waals surface area contributed by atoms with Crippen molar-refractivity contribution in [3.05, 3.63) is 24.2 Å². The first-order valence-corrected chi connectivity index (χ1v) is 12.4. The number of carbonyl (C=O) groups excluding carboxylic acids is 2. The highest BCUT2D eigenvalue weighted by atomic mass is 16.7. The fourth-order valence-corrected chi connectivity index (χ4v) is 5.12. The van der Waals surface area contributed by atoms with Crippen molar-refractivity contribution < 1.29 is 38.7 Å². The number of hydrogen-bond acceptors (Lipinski definition) is 12. The molecule has 4 N–H and O–H groups in total. The van der Waals surface area contributed by atoms with Crippen molar-refractivity contribution in [1.82, 2.24) is 19.5 Å². The number of aliphatic hydroxyl groups is 2. The largest absolute Gasteiger partial charge is 0.508 e. The average Bonchev–Trinajstić information content (AvgIpc) is 3.55. The molecule has 0 aromatic carbocycles. The van der Waals surface area contributed by atoms with Gasteiger partial charge in [-0.15, -0.1) is 0 Å².